The number of hydrogen-bond acceptors (Lipinski definition) is 7. The Morgan fingerprint density at radius 3 is 2.83 bits per heavy atom. The third-order valence-corrected chi connectivity index (χ3v) is 2.68. The van der Waals surface area contributed by atoms with Crippen LogP contribution in [0.2, 0.25) is 0 Å². The smallest absolute Gasteiger partial charge is 0.300 e. The van der Waals surface area contributed by atoms with Crippen molar-refractivity contribution >= 4 is 22.4 Å². The summed E-state index contributed by atoms with van der Waals surface area (Å²) in [5, 5.41) is 24.3. The van der Waals surface area contributed by atoms with Crippen LogP contribution in [0.1, 0.15) is 6.92 Å². The van der Waals surface area contributed by atoms with Crippen molar-refractivity contribution in [2.75, 3.05) is 18.9 Å². The first-order chi connectivity index (χ1) is 8.63. The second-order valence-corrected chi connectivity index (χ2v) is 3.92. The number of non-ortho nitro benzene ring substituents is 1. The molecule has 0 aliphatic heterocycles. The van der Waals surface area contributed by atoms with Crippen molar-refractivity contribution in [3.05, 3.63) is 22.2 Å². The number of anilines is 1. The number of hydrogen-bond donors (Lipinski definition) is 2. The lowest BCUT2D eigenvalue weighted by Gasteiger charge is -2.12. The molecule has 8 heteroatoms. The van der Waals surface area contributed by atoms with Crippen molar-refractivity contribution in [3.63, 3.8) is 0 Å². The van der Waals surface area contributed by atoms with Gasteiger partial charge in [-0.2, -0.15) is 0 Å². The summed E-state index contributed by atoms with van der Waals surface area (Å²) < 4.78 is 4.57. The SMILES string of the molecule is CNC(C)CNc1ccc([N+](=O)[O-])c2nonc12. The Hall–Kier alpha value is -2.22. The number of nitro benzene ring substituents is 1. The first kappa shape index (κ1) is 12.2. The van der Waals surface area contributed by atoms with Crippen LogP contribution in [0.3, 0.4) is 0 Å². The molecule has 8 nitrogen and oxygen atoms in total. The molecule has 1 unspecified atom stereocenters. The van der Waals surface area contributed by atoms with E-state index in [1.807, 2.05) is 14.0 Å². The summed E-state index contributed by atoms with van der Waals surface area (Å²) in [6.07, 6.45) is 0. The van der Waals surface area contributed by atoms with E-state index >= 15 is 0 Å². The monoisotopic (exact) mass is 251 g/mol. The molecule has 2 aromatic rings. The van der Waals surface area contributed by atoms with E-state index in [-0.39, 0.29) is 17.2 Å². The lowest BCUT2D eigenvalue weighted by molar-refractivity contribution is -0.383. The number of nitrogens with one attached hydrogen (secondary N) is 2. The molecule has 1 aromatic heterocycles. The van der Waals surface area contributed by atoms with Crippen LogP contribution in [0.5, 0.6) is 0 Å². The molecule has 0 saturated heterocycles. The highest BCUT2D eigenvalue weighted by molar-refractivity contribution is 5.93. The van der Waals surface area contributed by atoms with Gasteiger partial charge in [-0.1, -0.05) is 0 Å². The maximum Gasteiger partial charge on any atom is 0.300 e. The Labute approximate surface area is 102 Å². The highest BCUT2D eigenvalue weighted by atomic mass is 16.6. The average Bonchev–Trinajstić information content (AvgIpc) is 2.84. The highest BCUT2D eigenvalue weighted by Crippen LogP contribution is 2.28. The first-order valence-corrected chi connectivity index (χ1v) is 5.44. The molecule has 0 amide bonds. The average molecular weight is 251 g/mol. The van der Waals surface area contributed by atoms with E-state index in [1.54, 1.807) is 6.07 Å². The van der Waals surface area contributed by atoms with Gasteiger partial charge in [0.15, 0.2) is 5.52 Å². The van der Waals surface area contributed by atoms with Gasteiger partial charge < -0.3 is 10.6 Å². The van der Waals surface area contributed by atoms with Gasteiger partial charge in [0.1, 0.15) is 0 Å². The van der Waals surface area contributed by atoms with E-state index in [4.69, 9.17) is 0 Å². The van der Waals surface area contributed by atoms with Crippen LogP contribution < -0.4 is 10.6 Å². The van der Waals surface area contributed by atoms with Gasteiger partial charge in [-0.25, -0.2) is 4.63 Å². The highest BCUT2D eigenvalue weighted by Gasteiger charge is 2.19. The zero-order chi connectivity index (χ0) is 13.1. The van der Waals surface area contributed by atoms with Crippen LogP contribution in [0, 0.1) is 10.1 Å². The molecule has 2 rings (SSSR count). The summed E-state index contributed by atoms with van der Waals surface area (Å²) in [5.41, 5.74) is 1.08. The molecule has 1 atom stereocenters. The maximum absolute atomic E-state index is 10.8. The van der Waals surface area contributed by atoms with Gasteiger partial charge in [-0.15, -0.1) is 0 Å². The second kappa shape index (κ2) is 4.96. The molecule has 0 aliphatic rings. The molecule has 18 heavy (non-hydrogen) atoms. The minimum absolute atomic E-state index is 0.113. The van der Waals surface area contributed by atoms with Crippen molar-refractivity contribution < 1.29 is 9.55 Å². The molecule has 0 spiro atoms. The molecule has 0 fully saturated rings. The van der Waals surface area contributed by atoms with E-state index in [2.05, 4.69) is 25.6 Å². The number of likely N-dealkylation sites (N-methyl/N-ethyl adjacent to an activating group) is 1. The Kier molecular flexibility index (Phi) is 3.38. The fraction of sp³-hybridized carbons (Fsp3) is 0.400. The van der Waals surface area contributed by atoms with Crippen molar-refractivity contribution in [2.45, 2.75) is 13.0 Å². The third-order valence-electron chi connectivity index (χ3n) is 2.68. The van der Waals surface area contributed by atoms with Gasteiger partial charge in [0.25, 0.3) is 0 Å². The fourth-order valence-electron chi connectivity index (χ4n) is 1.51. The number of aromatic nitrogens is 2. The van der Waals surface area contributed by atoms with Crippen LogP contribution in [0.4, 0.5) is 11.4 Å². The summed E-state index contributed by atoms with van der Waals surface area (Å²) in [6, 6.07) is 3.25. The van der Waals surface area contributed by atoms with Crippen molar-refractivity contribution in [1.82, 2.24) is 15.6 Å². The van der Waals surface area contributed by atoms with Gasteiger partial charge in [0.05, 0.1) is 10.6 Å². The minimum Gasteiger partial charge on any atom is -0.382 e. The lowest BCUT2D eigenvalue weighted by Crippen LogP contribution is -2.29. The molecule has 1 aromatic carbocycles. The maximum atomic E-state index is 10.8. The first-order valence-electron chi connectivity index (χ1n) is 5.44. The van der Waals surface area contributed by atoms with Crippen molar-refractivity contribution in [3.8, 4) is 0 Å². The van der Waals surface area contributed by atoms with E-state index in [9.17, 15) is 10.1 Å². The topological polar surface area (TPSA) is 106 Å². The molecular weight excluding hydrogens is 238 g/mol. The Morgan fingerprint density at radius 1 is 1.44 bits per heavy atom. The van der Waals surface area contributed by atoms with E-state index in [0.29, 0.717) is 17.7 Å². The van der Waals surface area contributed by atoms with E-state index in [0.717, 1.165) is 0 Å². The normalized spacial score (nSPS) is 12.6. The number of nitrogens with zero attached hydrogens (tertiary/aromatic N) is 3. The van der Waals surface area contributed by atoms with Crippen molar-refractivity contribution in [2.24, 2.45) is 0 Å². The number of fused-ring (bicyclic) bond motifs is 1. The number of nitro groups is 1. The van der Waals surface area contributed by atoms with Crippen LogP contribution >= 0.6 is 0 Å². The van der Waals surface area contributed by atoms with Gasteiger partial charge in [0.2, 0.25) is 5.52 Å². The Bertz CT molecular complexity index is 568. The van der Waals surface area contributed by atoms with E-state index < -0.39 is 4.92 Å². The van der Waals surface area contributed by atoms with Crippen molar-refractivity contribution in [1.29, 1.82) is 0 Å². The zero-order valence-corrected chi connectivity index (χ0v) is 10.0. The lowest BCUT2D eigenvalue weighted by atomic mass is 10.2. The van der Waals surface area contributed by atoms with Crippen LogP contribution in [0.25, 0.3) is 11.0 Å². The fourth-order valence-corrected chi connectivity index (χ4v) is 1.51. The summed E-state index contributed by atoms with van der Waals surface area (Å²) in [6.45, 7) is 2.67. The van der Waals surface area contributed by atoms with Crippen LogP contribution in [-0.4, -0.2) is 34.9 Å². The van der Waals surface area contributed by atoms with Gasteiger partial charge >= 0.3 is 5.69 Å². The predicted molar refractivity (Wildman–Crippen MR) is 65.5 cm³/mol. The van der Waals surface area contributed by atoms with Gasteiger partial charge in [0, 0.05) is 18.7 Å². The van der Waals surface area contributed by atoms with Crippen LogP contribution in [-0.2, 0) is 0 Å². The standard InChI is InChI=1S/C10H13N5O3/c1-6(11-2)5-12-7-3-4-8(15(16)17)10-9(7)13-18-14-10/h3-4,6,11-12H,5H2,1-2H3. The molecule has 0 saturated carbocycles. The van der Waals surface area contributed by atoms with E-state index in [1.165, 1.54) is 6.07 Å². The molecule has 0 radical (unpaired) electrons. The molecule has 2 N–H and O–H groups in total. The second-order valence-electron chi connectivity index (χ2n) is 3.92. The number of benzene rings is 1. The molecule has 0 aliphatic carbocycles. The Balaban J connectivity index is 2.33. The largest absolute Gasteiger partial charge is 0.382 e. The zero-order valence-electron chi connectivity index (χ0n) is 10.0. The summed E-state index contributed by atoms with van der Waals surface area (Å²) in [4.78, 5) is 10.3. The molecule has 0 bridgehead atoms. The minimum atomic E-state index is -0.507. The predicted octanol–water partition coefficient (Wildman–Crippen LogP) is 1.15. The van der Waals surface area contributed by atoms with Crippen LogP contribution in [0.15, 0.2) is 16.8 Å². The quantitative estimate of drug-likeness (QED) is 0.606. The molecular formula is C10H13N5O3. The van der Waals surface area contributed by atoms with Gasteiger partial charge in [-0.05, 0) is 30.4 Å². The van der Waals surface area contributed by atoms with Gasteiger partial charge in [-0.3, -0.25) is 10.1 Å². The third kappa shape index (κ3) is 2.23. The number of rotatable bonds is 5. The Morgan fingerprint density at radius 2 is 2.17 bits per heavy atom. The summed E-state index contributed by atoms with van der Waals surface area (Å²) >= 11 is 0. The summed E-state index contributed by atoms with van der Waals surface area (Å²) in [7, 11) is 1.86. The summed E-state index contributed by atoms with van der Waals surface area (Å²) in [5.74, 6) is 0. The molecule has 1 heterocycles. The molecule has 96 valence electrons.